The summed E-state index contributed by atoms with van der Waals surface area (Å²) in [7, 11) is -1.61. The Morgan fingerprint density at radius 2 is 1.65 bits per heavy atom. The lowest BCUT2D eigenvalue weighted by molar-refractivity contribution is -0.111. The van der Waals surface area contributed by atoms with Crippen molar-refractivity contribution in [3.05, 3.63) is 78.4 Å². The molecule has 0 saturated carbocycles. The Bertz CT molecular complexity index is 1220. The summed E-state index contributed by atoms with van der Waals surface area (Å²) in [4.78, 5) is 14.7. The predicted octanol–water partition coefficient (Wildman–Crippen LogP) is 3.43. The van der Waals surface area contributed by atoms with Crippen LogP contribution in [0.15, 0.2) is 77.7 Å². The van der Waals surface area contributed by atoms with Gasteiger partial charge in [-0.25, -0.2) is 8.42 Å². The van der Waals surface area contributed by atoms with Crippen molar-refractivity contribution in [3.63, 3.8) is 0 Å². The van der Waals surface area contributed by atoms with Crippen molar-refractivity contribution >= 4 is 38.5 Å². The summed E-state index contributed by atoms with van der Waals surface area (Å²) in [6, 6.07) is 20.3. The third kappa shape index (κ3) is 4.85. The van der Waals surface area contributed by atoms with Crippen molar-refractivity contribution in [2.75, 3.05) is 38.5 Å². The normalized spacial score (nSPS) is 16.0. The molecule has 3 aromatic rings. The summed E-state index contributed by atoms with van der Waals surface area (Å²) in [5.41, 5.74) is 1.39. The minimum atomic E-state index is -3.59. The van der Waals surface area contributed by atoms with Gasteiger partial charge in [0.05, 0.1) is 4.90 Å². The molecule has 0 spiro atoms. The zero-order chi connectivity index (χ0) is 21.8. The van der Waals surface area contributed by atoms with E-state index in [1.807, 2.05) is 49.5 Å². The lowest BCUT2D eigenvalue weighted by Gasteiger charge is -2.31. The number of likely N-dealkylation sites (N-methyl/N-ethyl adjacent to an activating group) is 1. The molecule has 6 nitrogen and oxygen atoms in total. The molecule has 0 radical (unpaired) electrons. The number of amides is 1. The highest BCUT2D eigenvalue weighted by molar-refractivity contribution is 7.89. The fraction of sp³-hybridized carbons (Fsp3) is 0.208. The van der Waals surface area contributed by atoms with Crippen LogP contribution >= 0.6 is 0 Å². The molecule has 1 heterocycles. The van der Waals surface area contributed by atoms with Crippen molar-refractivity contribution < 1.29 is 13.2 Å². The van der Waals surface area contributed by atoms with Gasteiger partial charge < -0.3 is 10.2 Å². The van der Waals surface area contributed by atoms with E-state index in [9.17, 15) is 13.2 Å². The Morgan fingerprint density at radius 3 is 2.45 bits per heavy atom. The number of sulfonamides is 1. The average Bonchev–Trinajstić information content (AvgIpc) is 2.78. The van der Waals surface area contributed by atoms with Gasteiger partial charge in [-0.3, -0.25) is 4.79 Å². The van der Waals surface area contributed by atoms with Crippen LogP contribution in [0.1, 0.15) is 5.56 Å². The fourth-order valence-corrected chi connectivity index (χ4v) is 5.13. The van der Waals surface area contributed by atoms with Crippen LogP contribution in [-0.4, -0.2) is 56.8 Å². The molecule has 1 aliphatic heterocycles. The Balaban J connectivity index is 1.48. The van der Waals surface area contributed by atoms with Crippen molar-refractivity contribution in [2.45, 2.75) is 4.90 Å². The molecule has 0 bridgehead atoms. The zero-order valence-electron chi connectivity index (χ0n) is 17.4. The summed E-state index contributed by atoms with van der Waals surface area (Å²) in [5, 5.41) is 4.93. The van der Waals surface area contributed by atoms with Gasteiger partial charge in [0.25, 0.3) is 0 Å². The van der Waals surface area contributed by atoms with E-state index in [2.05, 4.69) is 10.2 Å². The van der Waals surface area contributed by atoms with Gasteiger partial charge in [0.2, 0.25) is 15.9 Å². The highest BCUT2D eigenvalue weighted by Gasteiger charge is 2.27. The van der Waals surface area contributed by atoms with E-state index in [1.165, 1.54) is 16.4 Å². The van der Waals surface area contributed by atoms with E-state index >= 15 is 0 Å². The zero-order valence-corrected chi connectivity index (χ0v) is 18.2. The summed E-state index contributed by atoms with van der Waals surface area (Å²) < 4.78 is 27.4. The van der Waals surface area contributed by atoms with Crippen LogP contribution in [0.25, 0.3) is 16.8 Å². The minimum Gasteiger partial charge on any atom is -0.322 e. The molecule has 0 aliphatic carbocycles. The second-order valence-corrected chi connectivity index (χ2v) is 9.56. The van der Waals surface area contributed by atoms with E-state index in [0.717, 1.165) is 16.3 Å². The van der Waals surface area contributed by atoms with Gasteiger partial charge in [-0.05, 0) is 47.7 Å². The third-order valence-electron chi connectivity index (χ3n) is 5.44. The number of benzene rings is 3. The molecule has 31 heavy (non-hydrogen) atoms. The molecule has 0 aromatic heterocycles. The Hall–Kier alpha value is -3.00. The van der Waals surface area contributed by atoms with Crippen molar-refractivity contribution in [1.29, 1.82) is 0 Å². The maximum absolute atomic E-state index is 12.9. The fourth-order valence-electron chi connectivity index (χ4n) is 3.66. The number of nitrogens with zero attached hydrogens (tertiary/aromatic N) is 2. The Kier molecular flexibility index (Phi) is 6.18. The van der Waals surface area contributed by atoms with E-state index < -0.39 is 10.0 Å². The average molecular weight is 436 g/mol. The van der Waals surface area contributed by atoms with E-state index in [-0.39, 0.29) is 10.8 Å². The number of piperazine rings is 1. The molecule has 1 aliphatic rings. The minimum absolute atomic E-state index is 0.188. The highest BCUT2D eigenvalue weighted by atomic mass is 32.2. The second-order valence-electron chi connectivity index (χ2n) is 7.63. The molecule has 1 saturated heterocycles. The standard InChI is InChI=1S/C24H25N3O3S/c1-26-14-16-27(17-15-26)31(29,30)22-10-5-9-21(18-22)25-24(28)13-12-20-8-4-7-19-6-2-3-11-23(19)20/h2-13,18H,14-17H2,1H3,(H,25,28)/b13-12+. The summed E-state index contributed by atoms with van der Waals surface area (Å²) in [6.45, 7) is 2.33. The molecule has 160 valence electrons. The first-order valence-electron chi connectivity index (χ1n) is 10.2. The topological polar surface area (TPSA) is 69.7 Å². The first kappa shape index (κ1) is 21.2. The van der Waals surface area contributed by atoms with Crippen LogP contribution in [0.4, 0.5) is 5.69 Å². The number of hydrogen-bond acceptors (Lipinski definition) is 4. The lowest BCUT2D eigenvalue weighted by atomic mass is 10.0. The van der Waals surface area contributed by atoms with Crippen LogP contribution in [0.5, 0.6) is 0 Å². The molecular weight excluding hydrogens is 410 g/mol. The third-order valence-corrected chi connectivity index (χ3v) is 7.33. The van der Waals surface area contributed by atoms with Crippen LogP contribution in [0.2, 0.25) is 0 Å². The monoisotopic (exact) mass is 435 g/mol. The van der Waals surface area contributed by atoms with E-state index in [4.69, 9.17) is 0 Å². The van der Waals surface area contributed by atoms with Gasteiger partial charge >= 0.3 is 0 Å². The molecule has 0 atom stereocenters. The highest BCUT2D eigenvalue weighted by Crippen LogP contribution is 2.22. The smallest absolute Gasteiger partial charge is 0.248 e. The quantitative estimate of drug-likeness (QED) is 0.624. The predicted molar refractivity (Wildman–Crippen MR) is 124 cm³/mol. The Morgan fingerprint density at radius 1 is 0.935 bits per heavy atom. The van der Waals surface area contributed by atoms with Gasteiger partial charge in [-0.2, -0.15) is 4.31 Å². The van der Waals surface area contributed by atoms with Crippen LogP contribution in [0.3, 0.4) is 0 Å². The molecular formula is C24H25N3O3S. The maximum Gasteiger partial charge on any atom is 0.248 e. The van der Waals surface area contributed by atoms with Crippen LogP contribution in [0, 0.1) is 0 Å². The number of anilines is 1. The Labute approximate surface area is 182 Å². The van der Waals surface area contributed by atoms with Gasteiger partial charge in [0.1, 0.15) is 0 Å². The number of rotatable bonds is 5. The summed E-state index contributed by atoms with van der Waals surface area (Å²) >= 11 is 0. The molecule has 1 N–H and O–H groups in total. The molecule has 4 rings (SSSR count). The SMILES string of the molecule is CN1CCN(S(=O)(=O)c2cccc(NC(=O)/C=C/c3cccc4ccccc34)c2)CC1. The number of carbonyl (C=O) groups excluding carboxylic acids is 1. The van der Waals surface area contributed by atoms with Crippen molar-refractivity contribution in [1.82, 2.24) is 9.21 Å². The first-order chi connectivity index (χ1) is 14.9. The van der Waals surface area contributed by atoms with Crippen molar-refractivity contribution in [2.24, 2.45) is 0 Å². The molecule has 1 fully saturated rings. The summed E-state index contributed by atoms with van der Waals surface area (Å²) in [6.07, 6.45) is 3.23. The van der Waals surface area contributed by atoms with Gasteiger partial charge in [-0.1, -0.05) is 48.5 Å². The number of nitrogens with one attached hydrogen (secondary N) is 1. The van der Waals surface area contributed by atoms with E-state index in [0.29, 0.717) is 31.9 Å². The maximum atomic E-state index is 12.9. The van der Waals surface area contributed by atoms with E-state index in [1.54, 1.807) is 24.3 Å². The van der Waals surface area contributed by atoms with Crippen LogP contribution in [-0.2, 0) is 14.8 Å². The molecule has 3 aromatic carbocycles. The van der Waals surface area contributed by atoms with Gasteiger partial charge in [0, 0.05) is 37.9 Å². The second kappa shape index (κ2) is 9.01. The molecule has 1 amide bonds. The number of hydrogen-bond donors (Lipinski definition) is 1. The molecule has 0 unspecified atom stereocenters. The number of fused-ring (bicyclic) bond motifs is 1. The van der Waals surface area contributed by atoms with Gasteiger partial charge in [0.15, 0.2) is 0 Å². The van der Waals surface area contributed by atoms with Crippen LogP contribution < -0.4 is 5.32 Å². The lowest BCUT2D eigenvalue weighted by Crippen LogP contribution is -2.47. The first-order valence-corrected chi connectivity index (χ1v) is 11.6. The molecule has 7 heteroatoms. The summed E-state index contributed by atoms with van der Waals surface area (Å²) in [5.74, 6) is -0.318. The largest absolute Gasteiger partial charge is 0.322 e. The van der Waals surface area contributed by atoms with Gasteiger partial charge in [-0.15, -0.1) is 0 Å². The number of carbonyl (C=O) groups is 1. The van der Waals surface area contributed by atoms with Crippen molar-refractivity contribution in [3.8, 4) is 0 Å².